The van der Waals surface area contributed by atoms with E-state index in [9.17, 15) is 4.79 Å². The molecule has 0 N–H and O–H groups in total. The van der Waals surface area contributed by atoms with Crippen molar-refractivity contribution in [2.75, 3.05) is 27.2 Å². The topological polar surface area (TPSA) is 36.7 Å². The lowest BCUT2D eigenvalue weighted by Gasteiger charge is -2.29. The van der Waals surface area contributed by atoms with E-state index in [1.165, 1.54) is 0 Å². The molecule has 2 aromatic rings. The van der Waals surface area contributed by atoms with Gasteiger partial charge in [-0.2, -0.15) is 0 Å². The summed E-state index contributed by atoms with van der Waals surface area (Å²) in [5.74, 6) is 0.434. The van der Waals surface area contributed by atoms with Gasteiger partial charge in [-0.15, -0.1) is 0 Å². The van der Waals surface area contributed by atoms with E-state index < -0.39 is 0 Å². The zero-order valence-corrected chi connectivity index (χ0v) is 13.5. The first-order valence-electron chi connectivity index (χ1n) is 7.39. The molecule has 4 nitrogen and oxygen atoms in total. The van der Waals surface area contributed by atoms with Crippen LogP contribution in [0.5, 0.6) is 0 Å². The maximum atomic E-state index is 12.8. The standard InChI is InChI=1S/C17H24N2O2/c1-6-19(12(2)11-18(4)5)17(20)16-13(3)14-9-7-8-10-15(14)21-16/h7-10,12H,6,11H2,1-5H3/t12-/m0/s1. The number of aryl methyl sites for hydroxylation is 1. The molecule has 0 bridgehead atoms. The van der Waals surface area contributed by atoms with Gasteiger partial charge in [0.15, 0.2) is 5.76 Å². The second kappa shape index (κ2) is 6.31. The van der Waals surface area contributed by atoms with E-state index in [2.05, 4.69) is 11.8 Å². The van der Waals surface area contributed by atoms with Gasteiger partial charge in [-0.1, -0.05) is 18.2 Å². The molecule has 0 saturated carbocycles. The second-order valence-electron chi connectivity index (χ2n) is 5.75. The van der Waals surface area contributed by atoms with Crippen molar-refractivity contribution in [1.82, 2.24) is 9.80 Å². The van der Waals surface area contributed by atoms with Crippen molar-refractivity contribution < 1.29 is 9.21 Å². The van der Waals surface area contributed by atoms with Gasteiger partial charge in [0.2, 0.25) is 0 Å². The molecule has 0 aliphatic rings. The molecule has 0 saturated heterocycles. The molecule has 2 rings (SSSR count). The van der Waals surface area contributed by atoms with Crippen molar-refractivity contribution in [3.8, 4) is 0 Å². The second-order valence-corrected chi connectivity index (χ2v) is 5.75. The fourth-order valence-electron chi connectivity index (χ4n) is 2.79. The van der Waals surface area contributed by atoms with E-state index in [1.54, 1.807) is 0 Å². The van der Waals surface area contributed by atoms with E-state index in [-0.39, 0.29) is 11.9 Å². The summed E-state index contributed by atoms with van der Waals surface area (Å²) in [6.45, 7) is 7.52. The Bertz CT molecular complexity index is 631. The Morgan fingerprint density at radius 1 is 1.29 bits per heavy atom. The van der Waals surface area contributed by atoms with Crippen molar-refractivity contribution in [3.05, 3.63) is 35.6 Å². The first-order chi connectivity index (χ1) is 9.95. The number of likely N-dealkylation sites (N-methyl/N-ethyl adjacent to an activating group) is 2. The minimum Gasteiger partial charge on any atom is -0.451 e. The Morgan fingerprint density at radius 2 is 1.95 bits per heavy atom. The van der Waals surface area contributed by atoms with Crippen molar-refractivity contribution in [2.24, 2.45) is 0 Å². The monoisotopic (exact) mass is 288 g/mol. The van der Waals surface area contributed by atoms with Gasteiger partial charge in [0.05, 0.1) is 0 Å². The minimum atomic E-state index is -0.0273. The number of benzene rings is 1. The first kappa shape index (κ1) is 15.6. The highest BCUT2D eigenvalue weighted by Crippen LogP contribution is 2.26. The third-order valence-corrected chi connectivity index (χ3v) is 3.80. The number of carbonyl (C=O) groups is 1. The van der Waals surface area contributed by atoms with Crippen LogP contribution in [0.4, 0.5) is 0 Å². The Morgan fingerprint density at radius 3 is 2.52 bits per heavy atom. The maximum Gasteiger partial charge on any atom is 0.290 e. The quantitative estimate of drug-likeness (QED) is 0.848. The maximum absolute atomic E-state index is 12.8. The Labute approximate surface area is 126 Å². The van der Waals surface area contributed by atoms with Gasteiger partial charge in [0.1, 0.15) is 5.58 Å². The predicted molar refractivity (Wildman–Crippen MR) is 85.7 cm³/mol. The van der Waals surface area contributed by atoms with Crippen LogP contribution in [-0.4, -0.2) is 48.9 Å². The Hall–Kier alpha value is -1.81. The number of furan rings is 1. The zero-order valence-electron chi connectivity index (χ0n) is 13.5. The highest BCUT2D eigenvalue weighted by Gasteiger charge is 2.25. The Balaban J connectivity index is 2.33. The molecule has 1 aromatic carbocycles. The summed E-state index contributed by atoms with van der Waals surface area (Å²) in [6, 6.07) is 7.92. The third-order valence-electron chi connectivity index (χ3n) is 3.80. The minimum absolute atomic E-state index is 0.0273. The largest absolute Gasteiger partial charge is 0.451 e. The van der Waals surface area contributed by atoms with Crippen LogP contribution in [0.15, 0.2) is 28.7 Å². The third kappa shape index (κ3) is 3.10. The number of fused-ring (bicyclic) bond motifs is 1. The van der Waals surface area contributed by atoms with Crippen LogP contribution in [0.2, 0.25) is 0 Å². The molecule has 1 atom stereocenters. The Kier molecular flexibility index (Phi) is 4.68. The lowest BCUT2D eigenvalue weighted by molar-refractivity contribution is 0.0648. The highest BCUT2D eigenvalue weighted by atomic mass is 16.3. The highest BCUT2D eigenvalue weighted by molar-refractivity contribution is 5.99. The normalized spacial score (nSPS) is 12.9. The fourth-order valence-corrected chi connectivity index (χ4v) is 2.79. The molecule has 0 spiro atoms. The average molecular weight is 288 g/mol. The molecule has 0 aliphatic carbocycles. The molecule has 1 aromatic heterocycles. The smallest absolute Gasteiger partial charge is 0.290 e. The van der Waals surface area contributed by atoms with Crippen LogP contribution in [0.3, 0.4) is 0 Å². The number of amides is 1. The van der Waals surface area contributed by atoms with Crippen molar-refractivity contribution in [1.29, 1.82) is 0 Å². The summed E-state index contributed by atoms with van der Waals surface area (Å²) in [6.07, 6.45) is 0. The molecular weight excluding hydrogens is 264 g/mol. The summed E-state index contributed by atoms with van der Waals surface area (Å²) in [5, 5.41) is 1.01. The van der Waals surface area contributed by atoms with Crippen LogP contribution in [0.1, 0.15) is 30.0 Å². The van der Waals surface area contributed by atoms with Crippen LogP contribution in [-0.2, 0) is 0 Å². The molecule has 1 amide bonds. The summed E-state index contributed by atoms with van der Waals surface area (Å²) >= 11 is 0. The summed E-state index contributed by atoms with van der Waals surface area (Å²) in [7, 11) is 4.03. The summed E-state index contributed by atoms with van der Waals surface area (Å²) in [5.41, 5.74) is 1.70. The van der Waals surface area contributed by atoms with E-state index in [0.717, 1.165) is 23.1 Å². The van der Waals surface area contributed by atoms with Crippen LogP contribution in [0, 0.1) is 6.92 Å². The lowest BCUT2D eigenvalue weighted by atomic mass is 10.1. The van der Waals surface area contributed by atoms with E-state index in [1.807, 2.05) is 57.1 Å². The van der Waals surface area contributed by atoms with Gasteiger partial charge < -0.3 is 14.2 Å². The van der Waals surface area contributed by atoms with Crippen molar-refractivity contribution in [3.63, 3.8) is 0 Å². The molecule has 0 radical (unpaired) electrons. The van der Waals surface area contributed by atoms with Gasteiger partial charge in [-0.25, -0.2) is 0 Å². The number of hydrogen-bond donors (Lipinski definition) is 0. The molecular formula is C17H24N2O2. The van der Waals surface area contributed by atoms with Gasteiger partial charge in [-0.3, -0.25) is 4.79 Å². The SMILES string of the molecule is CCN(C(=O)c1oc2ccccc2c1C)[C@@H](C)CN(C)C. The summed E-state index contributed by atoms with van der Waals surface area (Å²) < 4.78 is 5.79. The van der Waals surface area contributed by atoms with Crippen molar-refractivity contribution >= 4 is 16.9 Å². The van der Waals surface area contributed by atoms with E-state index in [0.29, 0.717) is 12.3 Å². The van der Waals surface area contributed by atoms with Crippen LogP contribution >= 0.6 is 0 Å². The molecule has 114 valence electrons. The first-order valence-corrected chi connectivity index (χ1v) is 7.39. The number of carbonyl (C=O) groups excluding carboxylic acids is 1. The average Bonchev–Trinajstić information content (AvgIpc) is 2.76. The number of nitrogens with zero attached hydrogens (tertiary/aromatic N) is 2. The molecule has 0 aliphatic heterocycles. The number of rotatable bonds is 5. The van der Waals surface area contributed by atoms with Gasteiger partial charge >= 0.3 is 0 Å². The molecule has 1 heterocycles. The van der Waals surface area contributed by atoms with E-state index >= 15 is 0 Å². The number of hydrogen-bond acceptors (Lipinski definition) is 3. The molecule has 0 fully saturated rings. The van der Waals surface area contributed by atoms with Crippen molar-refractivity contribution in [2.45, 2.75) is 26.8 Å². The predicted octanol–water partition coefficient (Wildman–Crippen LogP) is 3.15. The lowest BCUT2D eigenvalue weighted by Crippen LogP contribution is -2.43. The van der Waals surface area contributed by atoms with Gasteiger partial charge in [0, 0.05) is 30.1 Å². The molecule has 0 unspecified atom stereocenters. The van der Waals surface area contributed by atoms with Crippen LogP contribution in [0.25, 0.3) is 11.0 Å². The number of para-hydroxylation sites is 1. The molecule has 4 heteroatoms. The van der Waals surface area contributed by atoms with E-state index in [4.69, 9.17) is 4.42 Å². The fraction of sp³-hybridized carbons (Fsp3) is 0.471. The summed E-state index contributed by atoms with van der Waals surface area (Å²) in [4.78, 5) is 16.8. The van der Waals surface area contributed by atoms with Gasteiger partial charge in [0.25, 0.3) is 5.91 Å². The van der Waals surface area contributed by atoms with Gasteiger partial charge in [-0.05, 0) is 40.9 Å². The molecule has 21 heavy (non-hydrogen) atoms. The zero-order chi connectivity index (χ0) is 15.6. The van der Waals surface area contributed by atoms with Crippen LogP contribution < -0.4 is 0 Å².